The molecule has 0 unspecified atom stereocenters. The number of aromatic nitrogens is 2. The third-order valence-electron chi connectivity index (χ3n) is 5.46. The normalized spacial score (nSPS) is 27.2. The first kappa shape index (κ1) is 16.1. The molecular weight excluding hydrogens is 308 g/mol. The molecule has 4 rings (SSSR count). The van der Waals surface area contributed by atoms with E-state index in [4.69, 9.17) is 9.57 Å². The molecule has 3 saturated heterocycles. The standard InChI is InChI=1S/C17H26N4O3/c1-19-12-14(11-18-19)13-20-8-5-17(6-9-20)4-3-15(24-17)16(22)21-7-2-10-23-21/h11-12,15H,2-10,13H2,1H3/t15-/m0/s1. The number of nitrogens with zero attached hydrogens (tertiary/aromatic N) is 4. The maximum atomic E-state index is 12.4. The first-order valence-corrected chi connectivity index (χ1v) is 8.96. The topological polar surface area (TPSA) is 59.8 Å². The van der Waals surface area contributed by atoms with E-state index in [2.05, 4.69) is 16.2 Å². The Morgan fingerprint density at radius 2 is 2.17 bits per heavy atom. The van der Waals surface area contributed by atoms with Gasteiger partial charge in [0.2, 0.25) is 0 Å². The van der Waals surface area contributed by atoms with Crippen LogP contribution >= 0.6 is 0 Å². The fourth-order valence-corrected chi connectivity index (χ4v) is 4.07. The molecule has 7 heteroatoms. The number of aryl methyl sites for hydroxylation is 1. The predicted octanol–water partition coefficient (Wildman–Crippen LogP) is 1.10. The fraction of sp³-hybridized carbons (Fsp3) is 0.765. The lowest BCUT2D eigenvalue weighted by Crippen LogP contribution is -2.45. The average Bonchev–Trinajstić information content (AvgIpc) is 3.31. The maximum Gasteiger partial charge on any atom is 0.275 e. The van der Waals surface area contributed by atoms with Gasteiger partial charge >= 0.3 is 0 Å². The minimum Gasteiger partial charge on any atom is -0.362 e. The number of piperidine rings is 1. The third kappa shape index (κ3) is 3.20. The number of ether oxygens (including phenoxy) is 1. The first-order chi connectivity index (χ1) is 11.6. The molecule has 3 aliphatic heterocycles. The number of carbonyl (C=O) groups excluding carboxylic acids is 1. The number of hydrogen-bond acceptors (Lipinski definition) is 5. The highest BCUT2D eigenvalue weighted by molar-refractivity contribution is 5.80. The minimum absolute atomic E-state index is 0.0159. The van der Waals surface area contributed by atoms with E-state index in [9.17, 15) is 4.79 Å². The number of hydroxylamine groups is 2. The van der Waals surface area contributed by atoms with Crippen LogP contribution in [0.5, 0.6) is 0 Å². The van der Waals surface area contributed by atoms with Crippen molar-refractivity contribution in [2.75, 3.05) is 26.2 Å². The van der Waals surface area contributed by atoms with Gasteiger partial charge in [-0.05, 0) is 32.1 Å². The molecule has 1 aromatic rings. The average molecular weight is 334 g/mol. The molecule has 0 aromatic carbocycles. The number of amides is 1. The van der Waals surface area contributed by atoms with Crippen LogP contribution in [0.1, 0.15) is 37.7 Å². The van der Waals surface area contributed by atoms with Gasteiger partial charge in [0.25, 0.3) is 5.91 Å². The van der Waals surface area contributed by atoms with Gasteiger partial charge < -0.3 is 4.74 Å². The summed E-state index contributed by atoms with van der Waals surface area (Å²) in [6.45, 7) is 4.30. The van der Waals surface area contributed by atoms with Gasteiger partial charge in [0.05, 0.1) is 24.9 Å². The summed E-state index contributed by atoms with van der Waals surface area (Å²) in [5.74, 6) is 0.0159. The third-order valence-corrected chi connectivity index (χ3v) is 5.46. The monoisotopic (exact) mass is 334 g/mol. The summed E-state index contributed by atoms with van der Waals surface area (Å²) in [7, 11) is 1.95. The van der Waals surface area contributed by atoms with Crippen LogP contribution in [0.25, 0.3) is 0 Å². The van der Waals surface area contributed by atoms with Crippen molar-refractivity contribution in [3.05, 3.63) is 18.0 Å². The smallest absolute Gasteiger partial charge is 0.275 e. The van der Waals surface area contributed by atoms with Crippen LogP contribution in [-0.4, -0.2) is 63.6 Å². The van der Waals surface area contributed by atoms with Crippen LogP contribution < -0.4 is 0 Å². The zero-order valence-corrected chi connectivity index (χ0v) is 14.3. The molecule has 1 spiro atoms. The van der Waals surface area contributed by atoms with E-state index in [0.717, 1.165) is 51.7 Å². The Kier molecular flexibility index (Phi) is 4.32. The summed E-state index contributed by atoms with van der Waals surface area (Å²) in [5.41, 5.74) is 1.14. The van der Waals surface area contributed by atoms with E-state index >= 15 is 0 Å². The molecule has 1 atom stereocenters. The summed E-state index contributed by atoms with van der Waals surface area (Å²) in [6, 6.07) is 0. The molecule has 0 radical (unpaired) electrons. The van der Waals surface area contributed by atoms with Gasteiger partial charge in [-0.15, -0.1) is 0 Å². The molecule has 1 amide bonds. The quantitative estimate of drug-likeness (QED) is 0.828. The van der Waals surface area contributed by atoms with E-state index in [1.807, 2.05) is 17.9 Å². The van der Waals surface area contributed by atoms with Crippen molar-refractivity contribution >= 4 is 5.91 Å². The molecule has 7 nitrogen and oxygen atoms in total. The van der Waals surface area contributed by atoms with Gasteiger partial charge in [-0.3, -0.25) is 19.2 Å². The Labute approximate surface area is 142 Å². The maximum absolute atomic E-state index is 12.4. The molecule has 0 aliphatic carbocycles. The highest BCUT2D eigenvalue weighted by Crippen LogP contribution is 2.39. The van der Waals surface area contributed by atoms with Crippen molar-refractivity contribution in [3.63, 3.8) is 0 Å². The van der Waals surface area contributed by atoms with Crippen LogP contribution in [0.2, 0.25) is 0 Å². The molecule has 4 heterocycles. The molecule has 24 heavy (non-hydrogen) atoms. The summed E-state index contributed by atoms with van der Waals surface area (Å²) in [4.78, 5) is 20.3. The van der Waals surface area contributed by atoms with Crippen LogP contribution in [0, 0.1) is 0 Å². The number of hydrogen-bond donors (Lipinski definition) is 0. The first-order valence-electron chi connectivity index (χ1n) is 8.96. The van der Waals surface area contributed by atoms with E-state index < -0.39 is 0 Å². The minimum atomic E-state index is -0.312. The van der Waals surface area contributed by atoms with E-state index in [-0.39, 0.29) is 17.6 Å². The van der Waals surface area contributed by atoms with Crippen LogP contribution in [0.4, 0.5) is 0 Å². The van der Waals surface area contributed by atoms with E-state index in [1.54, 1.807) is 0 Å². The highest BCUT2D eigenvalue weighted by atomic mass is 16.7. The van der Waals surface area contributed by atoms with Gasteiger partial charge in [-0.2, -0.15) is 5.10 Å². The van der Waals surface area contributed by atoms with Gasteiger partial charge in [0.15, 0.2) is 0 Å². The van der Waals surface area contributed by atoms with Crippen molar-refractivity contribution in [3.8, 4) is 0 Å². The fourth-order valence-electron chi connectivity index (χ4n) is 4.07. The Morgan fingerprint density at radius 1 is 1.33 bits per heavy atom. The molecular formula is C17H26N4O3. The second kappa shape index (κ2) is 6.46. The zero-order valence-electron chi connectivity index (χ0n) is 14.3. The largest absolute Gasteiger partial charge is 0.362 e. The van der Waals surface area contributed by atoms with Crippen molar-refractivity contribution in [2.24, 2.45) is 7.05 Å². The van der Waals surface area contributed by atoms with Gasteiger partial charge in [0, 0.05) is 38.4 Å². The van der Waals surface area contributed by atoms with Crippen LogP contribution in [-0.2, 0) is 28.0 Å². The summed E-state index contributed by atoms with van der Waals surface area (Å²) >= 11 is 0. The van der Waals surface area contributed by atoms with E-state index in [1.165, 1.54) is 10.6 Å². The van der Waals surface area contributed by atoms with Crippen molar-refractivity contribution < 1.29 is 14.4 Å². The lowest BCUT2D eigenvalue weighted by Gasteiger charge is -2.39. The Balaban J connectivity index is 1.29. The van der Waals surface area contributed by atoms with Gasteiger partial charge in [-0.1, -0.05) is 0 Å². The van der Waals surface area contributed by atoms with Crippen molar-refractivity contribution in [1.82, 2.24) is 19.7 Å². The number of rotatable bonds is 3. The molecule has 3 fully saturated rings. The summed E-state index contributed by atoms with van der Waals surface area (Å²) in [6.07, 6.45) is 8.41. The number of likely N-dealkylation sites (tertiary alicyclic amines) is 1. The van der Waals surface area contributed by atoms with Crippen LogP contribution in [0.3, 0.4) is 0 Å². The van der Waals surface area contributed by atoms with Gasteiger partial charge in [-0.25, -0.2) is 5.06 Å². The van der Waals surface area contributed by atoms with Crippen molar-refractivity contribution in [1.29, 1.82) is 0 Å². The van der Waals surface area contributed by atoms with Crippen LogP contribution in [0.15, 0.2) is 12.4 Å². The molecule has 0 N–H and O–H groups in total. The second-order valence-corrected chi connectivity index (χ2v) is 7.25. The highest BCUT2D eigenvalue weighted by Gasteiger charge is 2.46. The summed E-state index contributed by atoms with van der Waals surface area (Å²) < 4.78 is 8.10. The Bertz CT molecular complexity index is 588. The zero-order chi connectivity index (χ0) is 16.6. The number of carbonyl (C=O) groups is 1. The second-order valence-electron chi connectivity index (χ2n) is 7.25. The van der Waals surface area contributed by atoms with E-state index in [0.29, 0.717) is 13.2 Å². The molecule has 0 saturated carbocycles. The Hall–Kier alpha value is -1.44. The molecule has 1 aromatic heterocycles. The molecule has 3 aliphatic rings. The molecule has 0 bridgehead atoms. The molecule has 132 valence electrons. The predicted molar refractivity (Wildman–Crippen MR) is 86.8 cm³/mol. The van der Waals surface area contributed by atoms with Gasteiger partial charge in [0.1, 0.15) is 6.10 Å². The lowest BCUT2D eigenvalue weighted by molar-refractivity contribution is -0.185. The summed E-state index contributed by atoms with van der Waals surface area (Å²) in [5, 5.41) is 5.73. The lowest BCUT2D eigenvalue weighted by atomic mass is 9.88. The SMILES string of the molecule is Cn1cc(CN2CCC3(CC[C@@H](C(=O)N4CCCO4)O3)CC2)cn1. The van der Waals surface area contributed by atoms with Crippen molar-refractivity contribution in [2.45, 2.75) is 50.4 Å². The Morgan fingerprint density at radius 3 is 2.83 bits per heavy atom.